The van der Waals surface area contributed by atoms with Crippen LogP contribution in [0.5, 0.6) is 0 Å². The van der Waals surface area contributed by atoms with Crippen molar-refractivity contribution in [1.82, 2.24) is 10.6 Å². The number of carboxylic acids is 1. The van der Waals surface area contributed by atoms with Gasteiger partial charge >= 0.3 is 5.97 Å². The van der Waals surface area contributed by atoms with Crippen molar-refractivity contribution in [2.75, 3.05) is 26.4 Å². The van der Waals surface area contributed by atoms with Crippen LogP contribution in [0.1, 0.15) is 329 Å². The maximum Gasteiger partial charge on any atom is 0.364 e. The SMILES string of the molecule is CCCCCCCCCCCCCCCCCCCCCCCCCCC(O)C(COC1OC(CO)C(OC2OC(CO)C(O)C(OC3(C(=O)O)CC(O)C(NC(C)=O)C(C(O)C(O)CO)O3)C2O)C(O)C1O)NC(=O)CCCCCCCCCCCCCCCCCCCCCCC. The van der Waals surface area contributed by atoms with Crippen molar-refractivity contribution >= 4 is 17.8 Å². The molecule has 3 saturated heterocycles. The molecule has 0 aromatic carbocycles. The maximum absolute atomic E-state index is 13.5. The van der Waals surface area contributed by atoms with E-state index in [0.717, 1.165) is 51.9 Å². The number of carbonyl (C=O) groups is 3. The Kier molecular flexibility index (Phi) is 51.5. The van der Waals surface area contributed by atoms with Gasteiger partial charge in [0.25, 0.3) is 5.79 Å². The van der Waals surface area contributed by atoms with E-state index in [4.69, 9.17) is 28.4 Å². The Morgan fingerprint density at radius 1 is 0.485 bits per heavy atom. The fourth-order valence-corrected chi connectivity index (χ4v) is 14.2. The van der Waals surface area contributed by atoms with Crippen LogP contribution in [-0.2, 0) is 42.8 Å². The van der Waals surface area contributed by atoms with Crippen molar-refractivity contribution in [3.63, 3.8) is 0 Å². The molecule has 0 saturated carbocycles. The summed E-state index contributed by atoms with van der Waals surface area (Å²) in [7, 11) is 0. The lowest BCUT2D eigenvalue weighted by molar-refractivity contribution is -0.386. The van der Waals surface area contributed by atoms with Crippen LogP contribution in [0.25, 0.3) is 0 Å². The highest BCUT2D eigenvalue weighted by Crippen LogP contribution is 2.39. The standard InChI is InChI=1S/C76H144N2O21/c1-4-6-8-10-12-14-16-18-20-22-24-26-27-28-30-31-33-35-37-39-41-43-45-47-49-58(83)57(78-63(86)50-48-46-44-42-40-38-36-34-32-29-25-23-21-19-17-15-13-11-9-7-5-2)55-94-73-68(90)67(89)70(62(54-81)96-73)97-74-69(91)72(66(88)61(53-80)95-74)99-76(75(92)93)51-59(84)64(77-56(3)82)71(98-76)65(87)60(85)52-79/h57-62,64-74,79-81,83-85,87-91H,4-55H2,1-3H3,(H,77,82)(H,78,86)(H,92,93). The summed E-state index contributed by atoms with van der Waals surface area (Å²) in [5, 5.41) is 137. The first-order chi connectivity index (χ1) is 47.9. The summed E-state index contributed by atoms with van der Waals surface area (Å²) in [5.74, 6) is -6.09. The largest absolute Gasteiger partial charge is 0.477 e. The van der Waals surface area contributed by atoms with Gasteiger partial charge < -0.3 is 100 Å². The average molecular weight is 1420 g/mol. The predicted octanol–water partition coefficient (Wildman–Crippen LogP) is 10.0. The lowest BCUT2D eigenvalue weighted by atomic mass is 9.88. The maximum atomic E-state index is 13.5. The number of rotatable bonds is 63. The van der Waals surface area contributed by atoms with Gasteiger partial charge in [0, 0.05) is 19.8 Å². The van der Waals surface area contributed by atoms with Crippen molar-refractivity contribution in [2.24, 2.45) is 0 Å². The zero-order chi connectivity index (χ0) is 72.5. The minimum absolute atomic E-state index is 0.230. The minimum Gasteiger partial charge on any atom is -0.477 e. The summed E-state index contributed by atoms with van der Waals surface area (Å²) >= 11 is 0. The van der Waals surface area contributed by atoms with E-state index in [1.54, 1.807) is 0 Å². The summed E-state index contributed by atoms with van der Waals surface area (Å²) in [6.45, 7) is 2.27. The molecule has 23 heteroatoms. The zero-order valence-electron chi connectivity index (χ0n) is 61.6. The van der Waals surface area contributed by atoms with Crippen molar-refractivity contribution in [3.8, 4) is 0 Å². The Morgan fingerprint density at radius 3 is 1.26 bits per heavy atom. The van der Waals surface area contributed by atoms with E-state index >= 15 is 0 Å². The molecule has 18 unspecified atom stereocenters. The number of carbonyl (C=O) groups excluding carboxylic acids is 2. The number of nitrogens with one attached hydrogen (secondary N) is 2. The van der Waals surface area contributed by atoms with Crippen LogP contribution in [0.2, 0.25) is 0 Å². The van der Waals surface area contributed by atoms with E-state index in [9.17, 15) is 75.7 Å². The smallest absolute Gasteiger partial charge is 0.364 e. The van der Waals surface area contributed by atoms with Crippen LogP contribution in [0.4, 0.5) is 0 Å². The van der Waals surface area contributed by atoms with Gasteiger partial charge in [-0.2, -0.15) is 0 Å². The average Bonchev–Trinajstić information content (AvgIpc) is 0.760. The lowest BCUT2D eigenvalue weighted by Gasteiger charge is -2.50. The molecule has 0 bridgehead atoms. The first-order valence-corrected chi connectivity index (χ1v) is 39.9. The fourth-order valence-electron chi connectivity index (χ4n) is 14.2. The van der Waals surface area contributed by atoms with Gasteiger partial charge in [-0.15, -0.1) is 0 Å². The number of amides is 2. The predicted molar refractivity (Wildman–Crippen MR) is 380 cm³/mol. The molecule has 14 N–H and O–H groups in total. The molecule has 3 fully saturated rings. The molecule has 2 amide bonds. The molecule has 0 aromatic rings. The zero-order valence-corrected chi connectivity index (χ0v) is 61.6. The summed E-state index contributed by atoms with van der Waals surface area (Å²) in [6.07, 6.45) is 28.1. The fraction of sp³-hybridized carbons (Fsp3) is 0.961. The Labute approximate surface area is 595 Å². The third-order valence-electron chi connectivity index (χ3n) is 20.6. The Bertz CT molecular complexity index is 1980. The van der Waals surface area contributed by atoms with Crippen LogP contribution >= 0.6 is 0 Å². The molecule has 3 rings (SSSR count). The highest BCUT2D eigenvalue weighted by atomic mass is 16.8. The van der Waals surface area contributed by atoms with Crippen molar-refractivity contribution in [3.05, 3.63) is 0 Å². The minimum atomic E-state index is -3.08. The van der Waals surface area contributed by atoms with E-state index in [0.29, 0.717) is 19.3 Å². The second-order valence-corrected chi connectivity index (χ2v) is 29.3. The van der Waals surface area contributed by atoms with Crippen molar-refractivity contribution in [2.45, 2.75) is 439 Å². The third kappa shape index (κ3) is 37.0. The highest BCUT2D eigenvalue weighted by molar-refractivity contribution is 5.77. The molecule has 99 heavy (non-hydrogen) atoms. The molecule has 23 nitrogen and oxygen atoms in total. The van der Waals surface area contributed by atoms with Crippen molar-refractivity contribution < 1.29 is 104 Å². The van der Waals surface area contributed by atoms with Crippen LogP contribution in [0, 0.1) is 0 Å². The lowest BCUT2D eigenvalue weighted by Crippen LogP contribution is -2.70. The van der Waals surface area contributed by atoms with E-state index in [2.05, 4.69) is 24.5 Å². The van der Waals surface area contributed by atoms with Gasteiger partial charge in [0.05, 0.1) is 50.7 Å². The number of hydrogen-bond acceptors (Lipinski definition) is 20. The quantitative estimate of drug-likeness (QED) is 0.0252. The monoisotopic (exact) mass is 1420 g/mol. The van der Waals surface area contributed by atoms with E-state index in [1.807, 2.05) is 0 Å². The molecule has 584 valence electrons. The molecule has 3 aliphatic heterocycles. The molecule has 0 radical (unpaired) electrons. The molecule has 3 heterocycles. The van der Waals surface area contributed by atoms with E-state index < -0.39 is 148 Å². The molecular formula is C76H144N2O21. The normalized spacial score (nSPS) is 27.0. The van der Waals surface area contributed by atoms with Gasteiger partial charge in [-0.25, -0.2) is 4.79 Å². The Balaban J connectivity index is 1.52. The number of unbranched alkanes of at least 4 members (excludes halogenated alkanes) is 43. The highest BCUT2D eigenvalue weighted by Gasteiger charge is 2.60. The van der Waals surface area contributed by atoms with Gasteiger partial charge in [-0.3, -0.25) is 9.59 Å². The number of carboxylic acid groups (broad SMARTS) is 1. The van der Waals surface area contributed by atoms with Crippen molar-refractivity contribution in [1.29, 1.82) is 0 Å². The van der Waals surface area contributed by atoms with Gasteiger partial charge in [0.1, 0.15) is 67.1 Å². The number of aliphatic carboxylic acids is 1. The summed E-state index contributed by atoms with van der Waals surface area (Å²) in [4.78, 5) is 38.7. The topological polar surface area (TPSA) is 373 Å². The summed E-state index contributed by atoms with van der Waals surface area (Å²) < 4.78 is 35.0. The van der Waals surface area contributed by atoms with Gasteiger partial charge in [-0.05, 0) is 12.8 Å². The number of hydrogen-bond donors (Lipinski definition) is 14. The molecular weight excluding hydrogens is 1280 g/mol. The molecule has 0 aliphatic carbocycles. The molecule has 18 atom stereocenters. The van der Waals surface area contributed by atoms with Gasteiger partial charge in [0.15, 0.2) is 12.6 Å². The Hall–Kier alpha value is -2.27. The first kappa shape index (κ1) is 90.9. The van der Waals surface area contributed by atoms with Gasteiger partial charge in [-0.1, -0.05) is 296 Å². The molecule has 3 aliphatic rings. The number of aliphatic hydroxyl groups is 11. The summed E-state index contributed by atoms with van der Waals surface area (Å²) in [5.41, 5.74) is 0. The molecule has 0 aromatic heterocycles. The van der Waals surface area contributed by atoms with Crippen LogP contribution in [-0.4, -0.2) is 215 Å². The summed E-state index contributed by atoms with van der Waals surface area (Å²) in [6, 6.07) is -2.53. The second kappa shape index (κ2) is 56.1. The van der Waals surface area contributed by atoms with Crippen LogP contribution in [0.15, 0.2) is 0 Å². The van der Waals surface area contributed by atoms with Crippen LogP contribution in [0.3, 0.4) is 0 Å². The van der Waals surface area contributed by atoms with Gasteiger partial charge in [0.2, 0.25) is 11.8 Å². The van der Waals surface area contributed by atoms with E-state index in [1.165, 1.54) is 231 Å². The molecule has 0 spiro atoms. The first-order valence-electron chi connectivity index (χ1n) is 39.9. The van der Waals surface area contributed by atoms with E-state index in [-0.39, 0.29) is 18.9 Å². The second-order valence-electron chi connectivity index (χ2n) is 29.3. The Morgan fingerprint density at radius 2 is 0.879 bits per heavy atom. The van der Waals surface area contributed by atoms with Crippen LogP contribution < -0.4 is 10.6 Å². The third-order valence-corrected chi connectivity index (χ3v) is 20.6. The number of aliphatic hydroxyl groups excluding tert-OH is 11. The number of ether oxygens (including phenoxy) is 6.